The van der Waals surface area contributed by atoms with Gasteiger partial charge in [0.1, 0.15) is 11.7 Å². The molecule has 0 bridgehead atoms. The Hall–Kier alpha value is -2.05. The van der Waals surface area contributed by atoms with E-state index in [1.165, 1.54) is 12.0 Å². The molecule has 5 saturated carbocycles. The van der Waals surface area contributed by atoms with E-state index in [2.05, 4.69) is 53.4 Å². The number of hydrogen-bond donors (Lipinski definition) is 2. The van der Waals surface area contributed by atoms with Crippen molar-refractivity contribution in [3.63, 3.8) is 0 Å². The van der Waals surface area contributed by atoms with E-state index in [9.17, 15) is 19.5 Å². The van der Waals surface area contributed by atoms with Gasteiger partial charge in [-0.15, -0.1) is 0 Å². The topological polar surface area (TPSA) is 102 Å². The normalized spacial score (nSPS) is 42.5. The van der Waals surface area contributed by atoms with Crippen LogP contribution in [0.5, 0.6) is 0 Å². The molecular weight excluding hydrogens is 590 g/mol. The van der Waals surface area contributed by atoms with Gasteiger partial charge in [0.25, 0.3) is 0 Å². The summed E-state index contributed by atoms with van der Waals surface area (Å²) in [4.78, 5) is 38.0. The van der Waals surface area contributed by atoms with Crippen molar-refractivity contribution < 1.29 is 29.0 Å². The highest BCUT2D eigenvalue weighted by Gasteiger charge is 2.71. The van der Waals surface area contributed by atoms with Crippen molar-refractivity contribution in [3.8, 4) is 0 Å². The monoisotopic (exact) mass is 655 g/mol. The molecule has 0 radical (unpaired) electrons. The molecular formula is C40H65NO6. The molecule has 0 aromatic heterocycles. The Morgan fingerprint density at radius 2 is 1.49 bits per heavy atom. The smallest absolute Gasteiger partial charge is 0.408 e. The van der Waals surface area contributed by atoms with Gasteiger partial charge in [-0.25, -0.2) is 4.79 Å². The number of alkyl carbamates (subject to hydrolysis) is 1. The highest BCUT2D eigenvalue weighted by atomic mass is 16.6. The lowest BCUT2D eigenvalue weighted by Crippen LogP contribution is -2.69. The molecule has 0 aliphatic heterocycles. The van der Waals surface area contributed by atoms with Crippen LogP contribution in [0.2, 0.25) is 0 Å². The number of hydrogen-bond acceptors (Lipinski definition) is 5. The molecule has 266 valence electrons. The van der Waals surface area contributed by atoms with E-state index >= 15 is 0 Å². The number of carboxylic acid groups (broad SMARTS) is 1. The third-order valence-electron chi connectivity index (χ3n) is 15.2. The summed E-state index contributed by atoms with van der Waals surface area (Å²) in [5.74, 6) is 0.847. The largest absolute Gasteiger partial charge is 0.481 e. The first kappa shape index (κ1) is 36.2. The average Bonchev–Trinajstić information content (AvgIpc) is 3.28. The van der Waals surface area contributed by atoms with Gasteiger partial charge in [-0.05, 0) is 152 Å². The van der Waals surface area contributed by atoms with Crippen molar-refractivity contribution in [2.45, 2.75) is 164 Å². The summed E-state index contributed by atoms with van der Waals surface area (Å²) in [6, 6.07) is 0. The van der Waals surface area contributed by atoms with E-state index in [0.29, 0.717) is 29.6 Å². The summed E-state index contributed by atoms with van der Waals surface area (Å²) < 4.78 is 12.1. The number of carbonyl (C=O) groups is 3. The Morgan fingerprint density at radius 1 is 0.830 bits per heavy atom. The number of ether oxygens (including phenoxy) is 2. The predicted molar refractivity (Wildman–Crippen MR) is 185 cm³/mol. The van der Waals surface area contributed by atoms with Crippen LogP contribution < -0.4 is 5.32 Å². The SMILES string of the molecule is C=C(C)[C@@H]1CC[C@]2(NC(=O)OC(C)(C)C)CC[C@]3(C)[C@H](CC[C@@H]4[C@@]5(C)CC[C@H](OC(=O)C(C)(C)CC(=O)O)C(C)(C)[C@@H]5CC[C@]43C)[C@@H]12. The van der Waals surface area contributed by atoms with Crippen molar-refractivity contribution in [3.05, 3.63) is 12.2 Å². The number of carboxylic acids is 1. The molecule has 2 N–H and O–H groups in total. The van der Waals surface area contributed by atoms with Crippen LogP contribution in [0.3, 0.4) is 0 Å². The molecule has 0 spiro atoms. The summed E-state index contributed by atoms with van der Waals surface area (Å²) in [6.45, 7) is 28.2. The molecule has 1 amide bonds. The third kappa shape index (κ3) is 5.75. The number of carbonyl (C=O) groups excluding carboxylic acids is 2. The van der Waals surface area contributed by atoms with Crippen LogP contribution in [-0.4, -0.2) is 40.4 Å². The van der Waals surface area contributed by atoms with Crippen LogP contribution >= 0.6 is 0 Å². The number of nitrogens with one attached hydrogen (secondary N) is 1. The molecule has 5 rings (SSSR count). The number of allylic oxidation sites excluding steroid dienone is 1. The molecule has 5 fully saturated rings. The molecule has 7 heteroatoms. The second-order valence-electron chi connectivity index (χ2n) is 19.7. The first-order valence-electron chi connectivity index (χ1n) is 18.5. The summed E-state index contributed by atoms with van der Waals surface area (Å²) in [6.07, 6.45) is 9.80. The first-order valence-corrected chi connectivity index (χ1v) is 18.5. The first-order chi connectivity index (χ1) is 21.4. The van der Waals surface area contributed by atoms with Crippen LogP contribution in [-0.2, 0) is 19.1 Å². The van der Waals surface area contributed by atoms with Crippen molar-refractivity contribution in [2.75, 3.05) is 0 Å². The average molecular weight is 656 g/mol. The van der Waals surface area contributed by atoms with Crippen LogP contribution in [0.1, 0.15) is 147 Å². The van der Waals surface area contributed by atoms with Crippen LogP contribution in [0.15, 0.2) is 12.2 Å². The minimum atomic E-state index is -1.06. The maximum Gasteiger partial charge on any atom is 0.408 e. The minimum absolute atomic E-state index is 0.122. The van der Waals surface area contributed by atoms with Gasteiger partial charge in [0.2, 0.25) is 0 Å². The van der Waals surface area contributed by atoms with E-state index in [4.69, 9.17) is 9.47 Å². The van der Waals surface area contributed by atoms with Gasteiger partial charge >= 0.3 is 18.0 Å². The Labute approximate surface area is 284 Å². The quantitative estimate of drug-likeness (QED) is 0.218. The Bertz CT molecular complexity index is 1300. The van der Waals surface area contributed by atoms with Gasteiger partial charge in [0.05, 0.1) is 11.8 Å². The molecule has 0 saturated heterocycles. The second-order valence-corrected chi connectivity index (χ2v) is 19.7. The van der Waals surface area contributed by atoms with E-state index < -0.39 is 23.0 Å². The minimum Gasteiger partial charge on any atom is -0.481 e. The molecule has 5 aliphatic rings. The molecule has 0 aromatic carbocycles. The van der Waals surface area contributed by atoms with Gasteiger partial charge in [0.15, 0.2) is 0 Å². The number of fused-ring (bicyclic) bond motifs is 7. The van der Waals surface area contributed by atoms with Gasteiger partial charge < -0.3 is 19.9 Å². The van der Waals surface area contributed by atoms with Gasteiger partial charge in [-0.1, -0.05) is 46.8 Å². The molecule has 0 aromatic rings. The van der Waals surface area contributed by atoms with Crippen LogP contribution in [0, 0.1) is 56.7 Å². The fraction of sp³-hybridized carbons (Fsp3) is 0.875. The summed E-state index contributed by atoms with van der Waals surface area (Å²) >= 11 is 0. The van der Waals surface area contributed by atoms with E-state index in [0.717, 1.165) is 57.8 Å². The molecule has 0 heterocycles. The fourth-order valence-electron chi connectivity index (χ4n) is 12.8. The highest BCUT2D eigenvalue weighted by Crippen LogP contribution is 2.76. The van der Waals surface area contributed by atoms with Gasteiger partial charge in [0, 0.05) is 11.0 Å². The zero-order chi connectivity index (χ0) is 35.2. The lowest BCUT2D eigenvalue weighted by Gasteiger charge is -2.73. The standard InChI is InChI=1S/C40H65NO6/c1-24(2)25-15-20-40(41-33(45)47-34(3,4)5)22-21-38(11)26(31(25)40)13-14-28-37(10)18-17-29(46-32(44)35(6,7)23-30(42)43)36(8,9)27(37)16-19-39(28,38)12/h25-29,31H,1,13-23H2,2-12H3,(H,41,45)(H,42,43)/t25-,26+,27-,28+,29-,31+,37-,38+,39+,40-/m0/s1. The van der Waals surface area contributed by atoms with Crippen LogP contribution in [0.4, 0.5) is 4.79 Å². The molecule has 47 heavy (non-hydrogen) atoms. The summed E-state index contributed by atoms with van der Waals surface area (Å²) in [7, 11) is 0. The third-order valence-corrected chi connectivity index (χ3v) is 15.2. The van der Waals surface area contributed by atoms with Crippen molar-refractivity contribution in [1.29, 1.82) is 0 Å². The molecule has 0 unspecified atom stereocenters. The maximum absolute atomic E-state index is 13.3. The van der Waals surface area contributed by atoms with Gasteiger partial charge in [-0.3, -0.25) is 9.59 Å². The fourth-order valence-corrected chi connectivity index (χ4v) is 12.8. The summed E-state index contributed by atoms with van der Waals surface area (Å²) in [5, 5.41) is 12.9. The Kier molecular flexibility index (Phi) is 8.87. The van der Waals surface area contributed by atoms with Crippen molar-refractivity contribution >= 4 is 18.0 Å². The maximum atomic E-state index is 13.3. The molecule has 10 atom stereocenters. The number of aliphatic carboxylic acids is 1. The van der Waals surface area contributed by atoms with Crippen molar-refractivity contribution in [2.24, 2.45) is 56.7 Å². The number of rotatable bonds is 6. The summed E-state index contributed by atoms with van der Waals surface area (Å²) in [5.41, 5.74) is -0.393. The second kappa shape index (κ2) is 11.5. The highest BCUT2D eigenvalue weighted by molar-refractivity contribution is 5.82. The zero-order valence-corrected chi connectivity index (χ0v) is 31.4. The predicted octanol–water partition coefficient (Wildman–Crippen LogP) is 9.33. The lowest BCUT2D eigenvalue weighted by atomic mass is 9.32. The number of esters is 1. The van der Waals surface area contributed by atoms with E-state index in [1.54, 1.807) is 13.8 Å². The van der Waals surface area contributed by atoms with Crippen LogP contribution in [0.25, 0.3) is 0 Å². The molecule has 5 aliphatic carbocycles. The van der Waals surface area contributed by atoms with E-state index in [-0.39, 0.29) is 45.8 Å². The van der Waals surface area contributed by atoms with E-state index in [1.807, 2.05) is 20.8 Å². The Balaban J connectivity index is 1.42. The zero-order valence-electron chi connectivity index (χ0n) is 31.4. The number of amides is 1. The molecule has 7 nitrogen and oxygen atoms in total. The lowest BCUT2D eigenvalue weighted by molar-refractivity contribution is -0.247. The van der Waals surface area contributed by atoms with Crippen molar-refractivity contribution in [1.82, 2.24) is 5.32 Å². The Morgan fingerprint density at radius 3 is 2.09 bits per heavy atom. The van der Waals surface area contributed by atoms with Gasteiger partial charge in [-0.2, -0.15) is 0 Å².